The highest BCUT2D eigenvalue weighted by Crippen LogP contribution is 2.45. The van der Waals surface area contributed by atoms with Crippen LogP contribution in [-0.4, -0.2) is 23.9 Å². The van der Waals surface area contributed by atoms with Gasteiger partial charge in [0.2, 0.25) is 0 Å². The van der Waals surface area contributed by atoms with Crippen molar-refractivity contribution in [3.63, 3.8) is 0 Å². The maximum absolute atomic E-state index is 12.9. The maximum atomic E-state index is 12.9. The number of benzene rings is 1. The highest BCUT2D eigenvalue weighted by molar-refractivity contribution is 7.17. The molecule has 0 fully saturated rings. The van der Waals surface area contributed by atoms with Crippen molar-refractivity contribution in [2.75, 3.05) is 12.4 Å². The number of nitro benzene ring substituents is 1. The third-order valence-corrected chi connectivity index (χ3v) is 7.72. The SMILES string of the molecule is CCC(C)(C)[C@H]1CCc2c(sc(NC(=O)c3ccc([N+](=O)[O-])c(C)c3)c2C(=O)OC)C1. The van der Waals surface area contributed by atoms with Gasteiger partial charge in [-0.3, -0.25) is 14.9 Å². The summed E-state index contributed by atoms with van der Waals surface area (Å²) >= 11 is 1.43. The first kappa shape index (κ1) is 22.9. The van der Waals surface area contributed by atoms with Crippen molar-refractivity contribution in [2.45, 2.75) is 53.4 Å². The van der Waals surface area contributed by atoms with Gasteiger partial charge in [-0.15, -0.1) is 11.3 Å². The highest BCUT2D eigenvalue weighted by Gasteiger charge is 2.35. The molecule has 1 aliphatic rings. The molecule has 1 atom stereocenters. The average Bonchev–Trinajstić information content (AvgIpc) is 3.09. The Balaban J connectivity index is 1.93. The lowest BCUT2D eigenvalue weighted by Gasteiger charge is -2.36. The second-order valence-corrected chi connectivity index (χ2v) is 9.80. The predicted molar refractivity (Wildman–Crippen MR) is 121 cm³/mol. The van der Waals surface area contributed by atoms with Gasteiger partial charge < -0.3 is 10.1 Å². The van der Waals surface area contributed by atoms with E-state index in [0.717, 1.165) is 36.1 Å². The third-order valence-electron chi connectivity index (χ3n) is 6.55. The van der Waals surface area contributed by atoms with Crippen molar-refractivity contribution in [1.82, 2.24) is 0 Å². The summed E-state index contributed by atoms with van der Waals surface area (Å²) in [6.07, 6.45) is 3.71. The number of thiophene rings is 1. The number of esters is 1. The summed E-state index contributed by atoms with van der Waals surface area (Å²) in [4.78, 5) is 37.1. The van der Waals surface area contributed by atoms with Crippen LogP contribution in [0.4, 0.5) is 10.7 Å². The number of carbonyl (C=O) groups excluding carboxylic acids is 2. The minimum atomic E-state index is -0.478. The van der Waals surface area contributed by atoms with Crippen molar-refractivity contribution < 1.29 is 19.2 Å². The van der Waals surface area contributed by atoms with E-state index in [4.69, 9.17) is 4.74 Å². The minimum absolute atomic E-state index is 0.0389. The van der Waals surface area contributed by atoms with E-state index in [-0.39, 0.29) is 11.1 Å². The Morgan fingerprint density at radius 1 is 1.35 bits per heavy atom. The molecule has 0 spiro atoms. The predicted octanol–water partition coefficient (Wildman–Crippen LogP) is 5.54. The molecule has 0 aliphatic heterocycles. The van der Waals surface area contributed by atoms with E-state index in [1.807, 2.05) is 0 Å². The first-order valence-electron chi connectivity index (χ1n) is 10.4. The molecule has 2 aromatic rings. The zero-order valence-corrected chi connectivity index (χ0v) is 19.4. The zero-order chi connectivity index (χ0) is 22.9. The van der Waals surface area contributed by atoms with Crippen molar-refractivity contribution in [3.8, 4) is 0 Å². The number of rotatable bonds is 6. The number of nitrogens with one attached hydrogen (secondary N) is 1. The molecule has 1 N–H and O–H groups in total. The fourth-order valence-corrected chi connectivity index (χ4v) is 5.44. The van der Waals surface area contributed by atoms with Crippen LogP contribution < -0.4 is 5.32 Å². The van der Waals surface area contributed by atoms with Gasteiger partial charge in [0.1, 0.15) is 5.00 Å². The number of aryl methyl sites for hydroxylation is 1. The number of amides is 1. The normalized spacial score (nSPS) is 15.8. The van der Waals surface area contributed by atoms with Crippen molar-refractivity contribution >= 4 is 33.9 Å². The van der Waals surface area contributed by atoms with E-state index in [0.29, 0.717) is 27.6 Å². The molecule has 0 radical (unpaired) electrons. The first-order valence-corrected chi connectivity index (χ1v) is 11.2. The number of nitrogens with zero attached hydrogens (tertiary/aromatic N) is 1. The van der Waals surface area contributed by atoms with E-state index >= 15 is 0 Å². The van der Waals surface area contributed by atoms with Crippen LogP contribution in [0.2, 0.25) is 0 Å². The molecule has 3 rings (SSSR count). The van der Waals surface area contributed by atoms with Crippen LogP contribution in [0.5, 0.6) is 0 Å². The molecule has 0 bridgehead atoms. The van der Waals surface area contributed by atoms with Crippen LogP contribution in [-0.2, 0) is 17.6 Å². The van der Waals surface area contributed by atoms with E-state index < -0.39 is 16.8 Å². The second kappa shape index (κ2) is 8.78. The Kier molecular flexibility index (Phi) is 6.50. The van der Waals surface area contributed by atoms with Gasteiger partial charge in [0.25, 0.3) is 11.6 Å². The Hall–Kier alpha value is -2.74. The Morgan fingerprint density at radius 3 is 2.65 bits per heavy atom. The van der Waals surface area contributed by atoms with Gasteiger partial charge in [0, 0.05) is 22.1 Å². The molecule has 8 heteroatoms. The van der Waals surface area contributed by atoms with Gasteiger partial charge in [0.15, 0.2) is 0 Å². The molecule has 31 heavy (non-hydrogen) atoms. The fourth-order valence-electron chi connectivity index (χ4n) is 4.12. The van der Waals surface area contributed by atoms with Gasteiger partial charge in [0.05, 0.1) is 17.6 Å². The Morgan fingerprint density at radius 2 is 2.06 bits per heavy atom. The standard InChI is InChI=1S/C23H28N2O5S/c1-6-23(3,4)15-8-9-16-18(12-15)31-21(19(16)22(27)30-5)24-20(26)14-7-10-17(25(28)29)13(2)11-14/h7,10-11,15H,6,8-9,12H2,1-5H3,(H,24,26)/t15-/m0/s1. The molecule has 166 valence electrons. The van der Waals surface area contributed by atoms with E-state index in [1.165, 1.54) is 36.6 Å². The fraction of sp³-hybridized carbons (Fsp3) is 0.478. The summed E-state index contributed by atoms with van der Waals surface area (Å²) in [5.41, 5.74) is 2.27. The van der Waals surface area contributed by atoms with Crippen LogP contribution in [0.3, 0.4) is 0 Å². The van der Waals surface area contributed by atoms with Gasteiger partial charge in [-0.05, 0) is 55.2 Å². The molecule has 0 saturated heterocycles. The van der Waals surface area contributed by atoms with Crippen LogP contribution in [0.25, 0.3) is 0 Å². The van der Waals surface area contributed by atoms with Gasteiger partial charge in [-0.25, -0.2) is 4.79 Å². The van der Waals surface area contributed by atoms with E-state index in [9.17, 15) is 19.7 Å². The van der Waals surface area contributed by atoms with Crippen LogP contribution in [0.1, 0.15) is 70.3 Å². The maximum Gasteiger partial charge on any atom is 0.341 e. The summed E-state index contributed by atoms with van der Waals surface area (Å²) in [6.45, 7) is 8.34. The lowest BCUT2D eigenvalue weighted by molar-refractivity contribution is -0.385. The molecule has 1 aliphatic carbocycles. The van der Waals surface area contributed by atoms with Gasteiger partial charge in [-0.2, -0.15) is 0 Å². The van der Waals surface area contributed by atoms with Crippen LogP contribution in [0.15, 0.2) is 18.2 Å². The third kappa shape index (κ3) is 4.49. The van der Waals surface area contributed by atoms with Crippen molar-refractivity contribution in [1.29, 1.82) is 0 Å². The average molecular weight is 445 g/mol. The summed E-state index contributed by atoms with van der Waals surface area (Å²) in [5, 5.41) is 14.4. The quantitative estimate of drug-likeness (QED) is 0.358. The van der Waals surface area contributed by atoms with E-state index in [1.54, 1.807) is 6.92 Å². The molecule has 1 aromatic heterocycles. The van der Waals surface area contributed by atoms with Crippen molar-refractivity contribution in [2.24, 2.45) is 11.3 Å². The number of methoxy groups -OCH3 is 1. The number of anilines is 1. The molecule has 1 amide bonds. The monoisotopic (exact) mass is 444 g/mol. The minimum Gasteiger partial charge on any atom is -0.465 e. The van der Waals surface area contributed by atoms with Crippen molar-refractivity contribution in [3.05, 3.63) is 55.4 Å². The smallest absolute Gasteiger partial charge is 0.341 e. The molecule has 7 nitrogen and oxygen atoms in total. The lowest BCUT2D eigenvalue weighted by atomic mass is 9.69. The van der Waals surface area contributed by atoms with Gasteiger partial charge in [-0.1, -0.05) is 27.2 Å². The molecule has 1 heterocycles. The second-order valence-electron chi connectivity index (χ2n) is 8.69. The molecular weight excluding hydrogens is 416 g/mol. The lowest BCUT2D eigenvalue weighted by Crippen LogP contribution is -2.28. The molecule has 1 aromatic carbocycles. The number of hydrogen-bond acceptors (Lipinski definition) is 6. The summed E-state index contributed by atoms with van der Waals surface area (Å²) < 4.78 is 5.01. The summed E-state index contributed by atoms with van der Waals surface area (Å²) in [5.74, 6) is -0.358. The number of nitro groups is 1. The summed E-state index contributed by atoms with van der Waals surface area (Å²) in [6, 6.07) is 4.23. The summed E-state index contributed by atoms with van der Waals surface area (Å²) in [7, 11) is 1.34. The van der Waals surface area contributed by atoms with Crippen LogP contribution >= 0.6 is 11.3 Å². The Labute approximate surface area is 186 Å². The number of fused-ring (bicyclic) bond motifs is 1. The van der Waals surface area contributed by atoms with Gasteiger partial charge >= 0.3 is 5.97 Å². The Bertz CT molecular complexity index is 1040. The zero-order valence-electron chi connectivity index (χ0n) is 18.5. The molecular formula is C23H28N2O5S. The number of carbonyl (C=O) groups is 2. The van der Waals surface area contributed by atoms with E-state index in [2.05, 4.69) is 26.1 Å². The topological polar surface area (TPSA) is 98.5 Å². The molecule has 0 unspecified atom stereocenters. The largest absolute Gasteiger partial charge is 0.465 e. The number of hydrogen-bond donors (Lipinski definition) is 1. The highest BCUT2D eigenvalue weighted by atomic mass is 32.1. The molecule has 0 saturated carbocycles. The van der Waals surface area contributed by atoms with Crippen LogP contribution in [0, 0.1) is 28.4 Å². The number of ether oxygens (including phenoxy) is 1. The first-order chi connectivity index (χ1) is 14.6.